The number of amides is 1. The molecule has 0 radical (unpaired) electrons. The first kappa shape index (κ1) is 17.7. The average molecular weight is 392 g/mol. The summed E-state index contributed by atoms with van der Waals surface area (Å²) in [5, 5.41) is 16.0. The Morgan fingerprint density at radius 2 is 1.53 bits per heavy atom. The van der Waals surface area contributed by atoms with Crippen molar-refractivity contribution in [3.8, 4) is 22.6 Å². The molecule has 5 rings (SSSR count). The number of carbonyl (C=O) groups excluding carboxylic acids is 1. The fourth-order valence-electron chi connectivity index (χ4n) is 3.14. The first-order valence-electron chi connectivity index (χ1n) is 9.38. The van der Waals surface area contributed by atoms with Gasteiger partial charge in [0.15, 0.2) is 11.5 Å². The van der Waals surface area contributed by atoms with E-state index in [1.54, 1.807) is 29.0 Å². The standard InChI is InChI=1S/C23H16N6O/c30-23(18-4-2-1-3-5-18)25-19-8-6-16(7-9-19)20-10-11-21-26-27-22(29(21)28-20)17-12-14-24-15-13-17/h1-15H,(H,25,30). The van der Waals surface area contributed by atoms with Gasteiger partial charge in [-0.2, -0.15) is 9.61 Å². The molecule has 5 aromatic rings. The second kappa shape index (κ2) is 7.56. The van der Waals surface area contributed by atoms with Crippen LogP contribution in [0.1, 0.15) is 10.4 Å². The second-order valence-corrected chi connectivity index (χ2v) is 6.65. The largest absolute Gasteiger partial charge is 0.322 e. The van der Waals surface area contributed by atoms with Gasteiger partial charge in [0.1, 0.15) is 0 Å². The third kappa shape index (κ3) is 3.40. The monoisotopic (exact) mass is 392 g/mol. The molecule has 0 aliphatic rings. The van der Waals surface area contributed by atoms with Crippen molar-refractivity contribution < 1.29 is 4.79 Å². The zero-order chi connectivity index (χ0) is 20.3. The fraction of sp³-hybridized carbons (Fsp3) is 0. The van der Waals surface area contributed by atoms with Crippen LogP contribution in [0.4, 0.5) is 5.69 Å². The third-order valence-electron chi connectivity index (χ3n) is 4.68. The Kier molecular flexibility index (Phi) is 4.46. The van der Waals surface area contributed by atoms with Gasteiger partial charge in [0, 0.05) is 34.8 Å². The summed E-state index contributed by atoms with van der Waals surface area (Å²) in [6.07, 6.45) is 3.42. The molecule has 0 atom stereocenters. The zero-order valence-electron chi connectivity index (χ0n) is 15.8. The van der Waals surface area contributed by atoms with Gasteiger partial charge in [0.25, 0.3) is 5.91 Å². The van der Waals surface area contributed by atoms with E-state index in [-0.39, 0.29) is 5.91 Å². The normalized spacial score (nSPS) is 10.8. The van der Waals surface area contributed by atoms with Gasteiger partial charge in [-0.15, -0.1) is 10.2 Å². The smallest absolute Gasteiger partial charge is 0.255 e. The van der Waals surface area contributed by atoms with Gasteiger partial charge in [0.2, 0.25) is 0 Å². The third-order valence-corrected chi connectivity index (χ3v) is 4.68. The molecule has 7 nitrogen and oxygen atoms in total. The van der Waals surface area contributed by atoms with E-state index < -0.39 is 0 Å². The molecule has 0 saturated heterocycles. The Labute approximate surface area is 172 Å². The number of nitrogens with zero attached hydrogens (tertiary/aromatic N) is 5. The quantitative estimate of drug-likeness (QED) is 0.498. The molecule has 144 valence electrons. The number of pyridine rings is 1. The second-order valence-electron chi connectivity index (χ2n) is 6.65. The van der Waals surface area contributed by atoms with Crippen molar-refractivity contribution >= 4 is 17.2 Å². The molecule has 0 unspecified atom stereocenters. The summed E-state index contributed by atoms with van der Waals surface area (Å²) in [6, 6.07) is 24.2. The molecule has 0 saturated carbocycles. The number of hydrogen-bond donors (Lipinski definition) is 1. The summed E-state index contributed by atoms with van der Waals surface area (Å²) in [7, 11) is 0. The number of anilines is 1. The summed E-state index contributed by atoms with van der Waals surface area (Å²) in [5.74, 6) is 0.510. The van der Waals surface area contributed by atoms with Crippen LogP contribution in [0.25, 0.3) is 28.3 Å². The summed E-state index contributed by atoms with van der Waals surface area (Å²) >= 11 is 0. The Morgan fingerprint density at radius 1 is 0.767 bits per heavy atom. The van der Waals surface area contributed by atoms with Crippen molar-refractivity contribution in [2.45, 2.75) is 0 Å². The van der Waals surface area contributed by atoms with E-state index in [2.05, 4.69) is 20.5 Å². The summed E-state index contributed by atoms with van der Waals surface area (Å²) in [4.78, 5) is 16.4. The molecule has 0 fully saturated rings. The lowest BCUT2D eigenvalue weighted by atomic mass is 10.1. The molecule has 0 aliphatic heterocycles. The van der Waals surface area contributed by atoms with Gasteiger partial charge in [-0.3, -0.25) is 9.78 Å². The van der Waals surface area contributed by atoms with Gasteiger partial charge in [-0.25, -0.2) is 0 Å². The van der Waals surface area contributed by atoms with Crippen LogP contribution in [0, 0.1) is 0 Å². The lowest BCUT2D eigenvalue weighted by Crippen LogP contribution is -2.11. The van der Waals surface area contributed by atoms with Gasteiger partial charge in [-0.05, 0) is 48.5 Å². The van der Waals surface area contributed by atoms with Gasteiger partial charge >= 0.3 is 0 Å². The van der Waals surface area contributed by atoms with E-state index in [0.717, 1.165) is 22.5 Å². The van der Waals surface area contributed by atoms with Crippen molar-refractivity contribution in [1.29, 1.82) is 0 Å². The molecule has 0 bridgehead atoms. The highest BCUT2D eigenvalue weighted by atomic mass is 16.1. The number of nitrogens with one attached hydrogen (secondary N) is 1. The molecule has 3 heterocycles. The molecule has 7 heteroatoms. The van der Waals surface area contributed by atoms with Crippen LogP contribution < -0.4 is 5.32 Å². The highest BCUT2D eigenvalue weighted by Crippen LogP contribution is 2.22. The van der Waals surface area contributed by atoms with Crippen molar-refractivity contribution in [1.82, 2.24) is 24.8 Å². The summed E-state index contributed by atoms with van der Waals surface area (Å²) in [6.45, 7) is 0. The zero-order valence-corrected chi connectivity index (χ0v) is 15.8. The van der Waals surface area contributed by atoms with E-state index >= 15 is 0 Å². The minimum atomic E-state index is -0.144. The fourth-order valence-corrected chi connectivity index (χ4v) is 3.14. The summed E-state index contributed by atoms with van der Waals surface area (Å²) in [5.41, 5.74) is 4.58. The predicted octanol–water partition coefficient (Wildman–Crippen LogP) is 4.11. The highest BCUT2D eigenvalue weighted by molar-refractivity contribution is 6.04. The van der Waals surface area contributed by atoms with E-state index in [1.165, 1.54) is 0 Å². The molecule has 2 aromatic carbocycles. The lowest BCUT2D eigenvalue weighted by Gasteiger charge is -2.07. The van der Waals surface area contributed by atoms with E-state index in [9.17, 15) is 4.79 Å². The maximum Gasteiger partial charge on any atom is 0.255 e. The van der Waals surface area contributed by atoms with Crippen LogP contribution >= 0.6 is 0 Å². The Balaban J connectivity index is 1.42. The predicted molar refractivity (Wildman–Crippen MR) is 114 cm³/mol. The van der Waals surface area contributed by atoms with E-state index in [4.69, 9.17) is 5.10 Å². The van der Waals surface area contributed by atoms with Crippen LogP contribution in [0.5, 0.6) is 0 Å². The summed E-state index contributed by atoms with van der Waals surface area (Å²) < 4.78 is 1.72. The first-order valence-corrected chi connectivity index (χ1v) is 9.38. The number of rotatable bonds is 4. The Hall–Kier alpha value is -4.39. The Morgan fingerprint density at radius 3 is 2.30 bits per heavy atom. The highest BCUT2D eigenvalue weighted by Gasteiger charge is 2.11. The topological polar surface area (TPSA) is 85.1 Å². The van der Waals surface area contributed by atoms with Gasteiger partial charge < -0.3 is 5.32 Å². The molecular weight excluding hydrogens is 376 g/mol. The molecule has 0 spiro atoms. The maximum absolute atomic E-state index is 12.3. The number of carbonyl (C=O) groups is 1. The van der Waals surface area contributed by atoms with Crippen molar-refractivity contribution in [2.24, 2.45) is 0 Å². The van der Waals surface area contributed by atoms with Crippen molar-refractivity contribution in [3.63, 3.8) is 0 Å². The molecule has 0 aliphatic carbocycles. The van der Waals surface area contributed by atoms with Crippen LogP contribution in [0.2, 0.25) is 0 Å². The van der Waals surface area contributed by atoms with Crippen LogP contribution in [-0.2, 0) is 0 Å². The molecule has 3 aromatic heterocycles. The number of benzene rings is 2. The van der Waals surface area contributed by atoms with Crippen molar-refractivity contribution in [2.75, 3.05) is 5.32 Å². The molecule has 1 N–H and O–H groups in total. The first-order chi connectivity index (χ1) is 14.8. The van der Waals surface area contributed by atoms with Crippen LogP contribution in [0.3, 0.4) is 0 Å². The van der Waals surface area contributed by atoms with Crippen molar-refractivity contribution in [3.05, 3.63) is 96.8 Å². The molecule has 30 heavy (non-hydrogen) atoms. The number of fused-ring (bicyclic) bond motifs is 1. The van der Waals surface area contributed by atoms with Crippen LogP contribution in [-0.4, -0.2) is 30.7 Å². The SMILES string of the molecule is O=C(Nc1ccc(-c2ccc3nnc(-c4ccncc4)n3n2)cc1)c1ccccc1. The van der Waals surface area contributed by atoms with Gasteiger partial charge in [-0.1, -0.05) is 30.3 Å². The van der Waals surface area contributed by atoms with E-state index in [1.807, 2.05) is 66.7 Å². The Bertz CT molecular complexity index is 1310. The minimum Gasteiger partial charge on any atom is -0.322 e. The minimum absolute atomic E-state index is 0.144. The molecular formula is C23H16N6O. The van der Waals surface area contributed by atoms with Crippen LogP contribution in [0.15, 0.2) is 91.3 Å². The maximum atomic E-state index is 12.3. The van der Waals surface area contributed by atoms with Gasteiger partial charge in [0.05, 0.1) is 5.69 Å². The molecule has 1 amide bonds. The number of aromatic nitrogens is 5. The number of hydrogen-bond acceptors (Lipinski definition) is 5. The lowest BCUT2D eigenvalue weighted by molar-refractivity contribution is 0.102. The van der Waals surface area contributed by atoms with E-state index in [0.29, 0.717) is 17.0 Å². The average Bonchev–Trinajstić information content (AvgIpc) is 3.24.